The van der Waals surface area contributed by atoms with Gasteiger partial charge >= 0.3 is 17.2 Å². The molecule has 0 amide bonds. The predicted molar refractivity (Wildman–Crippen MR) is 139 cm³/mol. The molecule has 4 aromatic rings. The Bertz CT molecular complexity index is 1560. The SMILES string of the molecule is CCOc1cc([C@@H]2Nc3ccccc3-c3c(=O)[nH]c(SCc4ccccc4F)n[n+]32)ccc1OCC(=O)O. The van der Waals surface area contributed by atoms with Crippen molar-refractivity contribution in [1.82, 2.24) is 10.1 Å². The highest BCUT2D eigenvalue weighted by Gasteiger charge is 2.38. The van der Waals surface area contributed by atoms with Gasteiger partial charge in [-0.1, -0.05) is 42.1 Å². The summed E-state index contributed by atoms with van der Waals surface area (Å²) in [7, 11) is 0. The fraction of sp³-hybridized carbons (Fsp3) is 0.185. The largest absolute Gasteiger partial charge is 0.490 e. The molecule has 5 rings (SSSR count). The first kappa shape index (κ1) is 25.3. The third-order valence-electron chi connectivity index (χ3n) is 5.84. The number of aliphatic carboxylic acids is 1. The number of fused-ring (bicyclic) bond motifs is 3. The summed E-state index contributed by atoms with van der Waals surface area (Å²) in [5.74, 6) is -0.480. The van der Waals surface area contributed by atoms with Crippen LogP contribution in [0.1, 0.15) is 24.2 Å². The predicted octanol–water partition coefficient (Wildman–Crippen LogP) is 3.99. The van der Waals surface area contributed by atoms with E-state index in [0.717, 1.165) is 5.69 Å². The molecule has 0 aliphatic carbocycles. The number of aromatic nitrogens is 3. The average molecular weight is 536 g/mol. The van der Waals surface area contributed by atoms with Crippen molar-refractivity contribution < 1.29 is 28.4 Å². The van der Waals surface area contributed by atoms with Gasteiger partial charge in [-0.25, -0.2) is 9.18 Å². The number of benzene rings is 3. The van der Waals surface area contributed by atoms with Crippen molar-refractivity contribution in [2.75, 3.05) is 18.5 Å². The summed E-state index contributed by atoms with van der Waals surface area (Å²) in [5.41, 5.74) is 2.68. The summed E-state index contributed by atoms with van der Waals surface area (Å²) >= 11 is 1.22. The van der Waals surface area contributed by atoms with Crippen LogP contribution in [0.25, 0.3) is 11.3 Å². The Morgan fingerprint density at radius 3 is 2.68 bits per heavy atom. The van der Waals surface area contributed by atoms with Gasteiger partial charge in [-0.3, -0.25) is 9.78 Å². The molecule has 0 saturated carbocycles. The lowest BCUT2D eigenvalue weighted by molar-refractivity contribution is -0.759. The smallest absolute Gasteiger partial charge is 0.341 e. The number of nitrogens with one attached hydrogen (secondary N) is 2. The highest BCUT2D eigenvalue weighted by atomic mass is 32.2. The zero-order valence-electron chi connectivity index (χ0n) is 20.3. The molecule has 1 aliphatic heterocycles. The fourth-order valence-electron chi connectivity index (χ4n) is 4.16. The van der Waals surface area contributed by atoms with E-state index in [1.54, 1.807) is 41.1 Å². The number of anilines is 1. The van der Waals surface area contributed by atoms with E-state index in [4.69, 9.17) is 19.7 Å². The minimum Gasteiger partial charge on any atom is -0.490 e. The van der Waals surface area contributed by atoms with Crippen LogP contribution in [0.3, 0.4) is 0 Å². The number of para-hydroxylation sites is 1. The molecule has 194 valence electrons. The van der Waals surface area contributed by atoms with E-state index < -0.39 is 18.7 Å². The summed E-state index contributed by atoms with van der Waals surface area (Å²) in [5, 5.41) is 17.5. The molecule has 0 unspecified atom stereocenters. The number of halogens is 1. The van der Waals surface area contributed by atoms with Crippen molar-refractivity contribution in [3.05, 3.63) is 94.0 Å². The van der Waals surface area contributed by atoms with Crippen LogP contribution in [0.5, 0.6) is 11.5 Å². The quantitative estimate of drug-likeness (QED) is 0.218. The summed E-state index contributed by atoms with van der Waals surface area (Å²) < 4.78 is 26.9. The Morgan fingerprint density at radius 2 is 1.89 bits per heavy atom. The number of nitrogens with zero attached hydrogens (tertiary/aromatic N) is 2. The second-order valence-electron chi connectivity index (χ2n) is 8.35. The van der Waals surface area contributed by atoms with Gasteiger partial charge in [-0.15, -0.1) is 0 Å². The van der Waals surface area contributed by atoms with Gasteiger partial charge in [-0.05, 0) is 53.6 Å². The van der Waals surface area contributed by atoms with Crippen LogP contribution >= 0.6 is 11.8 Å². The van der Waals surface area contributed by atoms with Crippen LogP contribution in [0.15, 0.2) is 76.7 Å². The third-order valence-corrected chi connectivity index (χ3v) is 6.75. The molecule has 1 aliphatic rings. The molecular formula is C27H24FN4O5S+. The van der Waals surface area contributed by atoms with Crippen molar-refractivity contribution in [2.45, 2.75) is 24.0 Å². The van der Waals surface area contributed by atoms with Crippen molar-refractivity contribution in [2.24, 2.45) is 0 Å². The number of hydrogen-bond donors (Lipinski definition) is 3. The van der Waals surface area contributed by atoms with Gasteiger partial charge in [0, 0.05) is 16.4 Å². The zero-order chi connectivity index (χ0) is 26.6. The molecule has 38 heavy (non-hydrogen) atoms. The lowest BCUT2D eigenvalue weighted by atomic mass is 10.0. The van der Waals surface area contributed by atoms with Crippen LogP contribution in [0.4, 0.5) is 10.1 Å². The Morgan fingerprint density at radius 1 is 1.11 bits per heavy atom. The standard InChI is InChI=1S/C27H23FN4O5S/c1-2-36-22-13-16(11-12-21(22)37-14-23(33)34)25-29-20-10-6-4-8-18(20)24-26(35)30-27(31-32(24)25)38-15-17-7-3-5-9-19(17)28/h3-13,25H,2,14-15H2,1H3,(H2,30,31,33,34,35)/p+1/t25-/m1/s1. The minimum absolute atomic E-state index is 0.285. The molecule has 2 heterocycles. The van der Waals surface area contributed by atoms with Crippen LogP contribution in [0, 0.1) is 5.82 Å². The maximum Gasteiger partial charge on any atom is 0.341 e. The van der Waals surface area contributed by atoms with Gasteiger partial charge < -0.3 is 19.9 Å². The first-order valence-corrected chi connectivity index (χ1v) is 12.8. The number of thioether (sulfide) groups is 1. The van der Waals surface area contributed by atoms with Gasteiger partial charge in [0.2, 0.25) is 5.16 Å². The highest BCUT2D eigenvalue weighted by molar-refractivity contribution is 7.98. The number of carbonyl (C=O) groups is 1. The van der Waals surface area contributed by atoms with E-state index >= 15 is 0 Å². The van der Waals surface area contributed by atoms with E-state index in [1.807, 2.05) is 31.2 Å². The monoisotopic (exact) mass is 535 g/mol. The van der Waals surface area contributed by atoms with Crippen molar-refractivity contribution in [3.63, 3.8) is 0 Å². The van der Waals surface area contributed by atoms with E-state index in [2.05, 4.69) is 10.3 Å². The van der Waals surface area contributed by atoms with Crippen LogP contribution in [-0.2, 0) is 10.5 Å². The Kier molecular flexibility index (Phi) is 7.27. The number of hydrogen-bond acceptors (Lipinski definition) is 7. The summed E-state index contributed by atoms with van der Waals surface area (Å²) in [6.45, 7) is 1.64. The van der Waals surface area contributed by atoms with Crippen LogP contribution < -0.4 is 25.0 Å². The molecule has 1 aromatic heterocycles. The molecule has 1 atom stereocenters. The molecule has 3 aromatic carbocycles. The van der Waals surface area contributed by atoms with Gasteiger partial charge in [-0.2, -0.15) is 0 Å². The van der Waals surface area contributed by atoms with Crippen molar-refractivity contribution in [1.29, 1.82) is 0 Å². The topological polar surface area (TPSA) is 117 Å². The highest BCUT2D eigenvalue weighted by Crippen LogP contribution is 2.35. The van der Waals surface area contributed by atoms with Gasteiger partial charge in [0.15, 0.2) is 18.1 Å². The molecule has 0 fully saturated rings. The Labute approximate surface area is 221 Å². The minimum atomic E-state index is -1.10. The molecular weight excluding hydrogens is 511 g/mol. The fourth-order valence-corrected chi connectivity index (χ4v) is 5.00. The molecule has 9 nitrogen and oxygen atoms in total. The van der Waals surface area contributed by atoms with E-state index in [1.165, 1.54) is 17.8 Å². The lowest BCUT2D eigenvalue weighted by Gasteiger charge is -2.23. The average Bonchev–Trinajstić information content (AvgIpc) is 2.91. The number of carboxylic acids is 1. The van der Waals surface area contributed by atoms with E-state index in [-0.39, 0.29) is 17.1 Å². The molecule has 3 N–H and O–H groups in total. The zero-order valence-corrected chi connectivity index (χ0v) is 21.1. The normalized spacial score (nSPS) is 13.7. The summed E-state index contributed by atoms with van der Waals surface area (Å²) in [6.07, 6.45) is -0.595. The molecule has 0 radical (unpaired) electrons. The lowest BCUT2D eigenvalue weighted by Crippen LogP contribution is -2.55. The molecule has 0 saturated heterocycles. The number of carboxylic acid groups (broad SMARTS) is 1. The second kappa shape index (κ2) is 10.9. The van der Waals surface area contributed by atoms with Crippen molar-refractivity contribution in [3.8, 4) is 22.8 Å². The van der Waals surface area contributed by atoms with Gasteiger partial charge in [0.05, 0.1) is 17.9 Å². The summed E-state index contributed by atoms with van der Waals surface area (Å²) in [6, 6.07) is 19.0. The van der Waals surface area contributed by atoms with Crippen molar-refractivity contribution >= 4 is 23.4 Å². The number of H-pyrrole nitrogens is 1. The first-order valence-electron chi connectivity index (χ1n) is 11.8. The van der Waals surface area contributed by atoms with E-state index in [9.17, 15) is 14.0 Å². The maximum atomic E-state index is 14.2. The molecule has 11 heteroatoms. The third kappa shape index (κ3) is 5.18. The molecule has 0 bridgehead atoms. The second-order valence-corrected chi connectivity index (χ2v) is 9.31. The van der Waals surface area contributed by atoms with E-state index in [0.29, 0.717) is 45.6 Å². The molecule has 0 spiro atoms. The Hall–Kier alpha value is -4.38. The number of rotatable bonds is 9. The maximum absolute atomic E-state index is 14.2. The Balaban J connectivity index is 1.56. The van der Waals surface area contributed by atoms with Gasteiger partial charge in [0.25, 0.3) is 6.17 Å². The number of ether oxygens (including phenoxy) is 2. The van der Waals surface area contributed by atoms with Gasteiger partial charge in [0.1, 0.15) is 5.82 Å². The summed E-state index contributed by atoms with van der Waals surface area (Å²) in [4.78, 5) is 27.2. The first-order chi connectivity index (χ1) is 18.4. The number of aromatic amines is 1. The van der Waals surface area contributed by atoms with Crippen LogP contribution in [-0.4, -0.2) is 34.4 Å². The van der Waals surface area contributed by atoms with Crippen LogP contribution in [0.2, 0.25) is 0 Å².